The van der Waals surface area contributed by atoms with Crippen LogP contribution in [0.3, 0.4) is 0 Å². The molecule has 0 saturated carbocycles. The highest BCUT2D eigenvalue weighted by atomic mass is 35.5. The summed E-state index contributed by atoms with van der Waals surface area (Å²) in [7, 11) is 1.78. The van der Waals surface area contributed by atoms with E-state index in [0.717, 1.165) is 34.1 Å². The van der Waals surface area contributed by atoms with Gasteiger partial charge in [-0.25, -0.2) is 0 Å². The number of carbonyl (C=O) groups excluding carboxylic acids is 2. The van der Waals surface area contributed by atoms with E-state index < -0.39 is 0 Å². The van der Waals surface area contributed by atoms with E-state index in [9.17, 15) is 9.59 Å². The number of aromatic nitrogens is 3. The lowest BCUT2D eigenvalue weighted by molar-refractivity contribution is -0.134. The molecular weight excluding hydrogens is 425 g/mol. The molecule has 2 amide bonds. The zero-order chi connectivity index (χ0) is 21.0. The molecule has 1 atom stereocenters. The van der Waals surface area contributed by atoms with E-state index in [1.54, 1.807) is 24.2 Å². The van der Waals surface area contributed by atoms with Gasteiger partial charge in [-0.1, -0.05) is 29.3 Å². The summed E-state index contributed by atoms with van der Waals surface area (Å²) < 4.78 is 2.17. The number of benzene rings is 1. The summed E-state index contributed by atoms with van der Waals surface area (Å²) in [4.78, 5) is 28.5. The molecule has 1 N–H and O–H groups in total. The predicted molar refractivity (Wildman–Crippen MR) is 115 cm³/mol. The molecule has 2 aliphatic rings. The van der Waals surface area contributed by atoms with Crippen molar-refractivity contribution in [3.8, 4) is 11.1 Å². The summed E-state index contributed by atoms with van der Waals surface area (Å²) in [5, 5.41) is 9.00. The lowest BCUT2D eigenvalue weighted by Gasteiger charge is -2.31. The third-order valence-electron chi connectivity index (χ3n) is 6.34. The van der Waals surface area contributed by atoms with E-state index in [0.29, 0.717) is 42.5 Å². The molecule has 30 heavy (non-hydrogen) atoms. The molecular formula is C21H21Cl2N5O2. The first kappa shape index (κ1) is 19.5. The van der Waals surface area contributed by atoms with Crippen LogP contribution in [0.5, 0.6) is 0 Å². The SMILES string of the molecule is CN1C(=O)CCC1CC(=O)N1CCn2c(c(-c3cn[nH]c3)c3ccc(Cl)c(Cl)c32)C1. The Balaban J connectivity index is 1.52. The summed E-state index contributed by atoms with van der Waals surface area (Å²) in [5.74, 6) is 0.181. The van der Waals surface area contributed by atoms with Crippen molar-refractivity contribution in [2.24, 2.45) is 0 Å². The molecule has 7 nitrogen and oxygen atoms in total. The summed E-state index contributed by atoms with van der Waals surface area (Å²) in [6.07, 6.45) is 5.24. The van der Waals surface area contributed by atoms with Crippen molar-refractivity contribution in [3.63, 3.8) is 0 Å². The monoisotopic (exact) mass is 445 g/mol. The molecule has 156 valence electrons. The van der Waals surface area contributed by atoms with Gasteiger partial charge in [-0.2, -0.15) is 5.10 Å². The van der Waals surface area contributed by atoms with Crippen molar-refractivity contribution in [2.75, 3.05) is 13.6 Å². The lowest BCUT2D eigenvalue weighted by atomic mass is 10.0. The average molecular weight is 446 g/mol. The first-order valence-electron chi connectivity index (χ1n) is 9.97. The van der Waals surface area contributed by atoms with Crippen molar-refractivity contribution in [3.05, 3.63) is 40.3 Å². The van der Waals surface area contributed by atoms with Crippen LogP contribution < -0.4 is 0 Å². The fourth-order valence-electron chi connectivity index (χ4n) is 4.68. The van der Waals surface area contributed by atoms with Gasteiger partial charge in [0.25, 0.3) is 0 Å². The van der Waals surface area contributed by atoms with Crippen LogP contribution in [0.4, 0.5) is 0 Å². The van der Waals surface area contributed by atoms with Gasteiger partial charge < -0.3 is 14.4 Å². The Morgan fingerprint density at radius 2 is 2.13 bits per heavy atom. The number of likely N-dealkylation sites (tertiary alicyclic amines) is 1. The van der Waals surface area contributed by atoms with Crippen LogP contribution in [0.2, 0.25) is 10.0 Å². The van der Waals surface area contributed by atoms with Crippen LogP contribution in [0.1, 0.15) is 25.0 Å². The number of halogens is 2. The highest BCUT2D eigenvalue weighted by molar-refractivity contribution is 6.45. The van der Waals surface area contributed by atoms with E-state index in [2.05, 4.69) is 14.8 Å². The van der Waals surface area contributed by atoms with E-state index in [1.807, 2.05) is 17.2 Å². The number of aromatic amines is 1. The van der Waals surface area contributed by atoms with Crippen LogP contribution in [-0.4, -0.2) is 56.0 Å². The maximum absolute atomic E-state index is 13.1. The van der Waals surface area contributed by atoms with E-state index in [-0.39, 0.29) is 17.9 Å². The van der Waals surface area contributed by atoms with Gasteiger partial charge in [-0.05, 0) is 12.5 Å². The number of amides is 2. The summed E-state index contributed by atoms with van der Waals surface area (Å²) in [5.41, 5.74) is 3.88. The van der Waals surface area contributed by atoms with Gasteiger partial charge in [-0.3, -0.25) is 14.7 Å². The fourth-order valence-corrected chi connectivity index (χ4v) is 5.10. The maximum Gasteiger partial charge on any atom is 0.225 e. The quantitative estimate of drug-likeness (QED) is 0.667. The normalized spacial score (nSPS) is 19.0. The maximum atomic E-state index is 13.1. The van der Waals surface area contributed by atoms with Gasteiger partial charge in [0.05, 0.1) is 28.3 Å². The molecule has 5 rings (SSSR count). The molecule has 0 bridgehead atoms. The fraction of sp³-hybridized carbons (Fsp3) is 0.381. The predicted octanol–water partition coefficient (Wildman–Crippen LogP) is 3.69. The Kier molecular flexibility index (Phi) is 4.75. The number of hydrogen-bond acceptors (Lipinski definition) is 3. The highest BCUT2D eigenvalue weighted by Gasteiger charge is 2.33. The number of rotatable bonds is 3. The number of carbonyl (C=O) groups is 2. The highest BCUT2D eigenvalue weighted by Crippen LogP contribution is 2.42. The van der Waals surface area contributed by atoms with Crippen molar-refractivity contribution in [1.82, 2.24) is 24.6 Å². The van der Waals surface area contributed by atoms with Crippen LogP contribution >= 0.6 is 23.2 Å². The molecule has 2 aromatic heterocycles. The summed E-state index contributed by atoms with van der Waals surface area (Å²) in [6, 6.07) is 3.76. The molecule has 0 radical (unpaired) electrons. The van der Waals surface area contributed by atoms with Crippen molar-refractivity contribution in [1.29, 1.82) is 0 Å². The van der Waals surface area contributed by atoms with E-state index in [4.69, 9.17) is 23.2 Å². The number of hydrogen-bond donors (Lipinski definition) is 1. The summed E-state index contributed by atoms with van der Waals surface area (Å²) in [6.45, 7) is 1.70. The van der Waals surface area contributed by atoms with Gasteiger partial charge in [0.2, 0.25) is 11.8 Å². The molecule has 3 aromatic rings. The largest absolute Gasteiger partial charge is 0.342 e. The second-order valence-electron chi connectivity index (χ2n) is 7.93. The topological polar surface area (TPSA) is 74.2 Å². The smallest absolute Gasteiger partial charge is 0.225 e. The van der Waals surface area contributed by atoms with Gasteiger partial charge in [0, 0.05) is 67.4 Å². The minimum Gasteiger partial charge on any atom is -0.342 e. The minimum atomic E-state index is -0.0145. The third kappa shape index (κ3) is 2.99. The third-order valence-corrected chi connectivity index (χ3v) is 7.13. The first-order valence-corrected chi connectivity index (χ1v) is 10.7. The van der Waals surface area contributed by atoms with Crippen LogP contribution in [0, 0.1) is 0 Å². The average Bonchev–Trinajstić information content (AvgIpc) is 3.44. The zero-order valence-electron chi connectivity index (χ0n) is 16.5. The molecule has 1 aromatic carbocycles. The zero-order valence-corrected chi connectivity index (χ0v) is 18.0. The Bertz CT molecular complexity index is 1150. The number of fused-ring (bicyclic) bond motifs is 3. The van der Waals surface area contributed by atoms with Gasteiger partial charge in [-0.15, -0.1) is 0 Å². The molecule has 4 heterocycles. The Hall–Kier alpha value is -2.51. The van der Waals surface area contributed by atoms with Gasteiger partial charge in [0.15, 0.2) is 0 Å². The lowest BCUT2D eigenvalue weighted by Crippen LogP contribution is -2.41. The van der Waals surface area contributed by atoms with Gasteiger partial charge in [0.1, 0.15) is 0 Å². The molecule has 0 aliphatic carbocycles. The second kappa shape index (κ2) is 7.32. The molecule has 2 aliphatic heterocycles. The van der Waals surface area contributed by atoms with Gasteiger partial charge >= 0.3 is 0 Å². The minimum absolute atomic E-state index is 0.0145. The number of nitrogens with one attached hydrogen (secondary N) is 1. The molecule has 9 heteroatoms. The summed E-state index contributed by atoms with van der Waals surface area (Å²) >= 11 is 12.9. The molecule has 1 unspecified atom stereocenters. The number of nitrogens with zero attached hydrogens (tertiary/aromatic N) is 4. The Morgan fingerprint density at radius 1 is 1.30 bits per heavy atom. The van der Waals surface area contributed by atoms with E-state index >= 15 is 0 Å². The van der Waals surface area contributed by atoms with E-state index in [1.165, 1.54) is 0 Å². The van der Waals surface area contributed by atoms with Crippen molar-refractivity contribution in [2.45, 2.75) is 38.4 Å². The molecule has 1 fully saturated rings. The number of H-pyrrole nitrogens is 1. The standard InChI is InChI=1S/C21H21Cl2N5O2/c1-26-13(2-5-17(26)29)8-18(30)27-6-7-28-16(11-27)19(12-9-24-25-10-12)14-3-4-15(22)20(23)21(14)28/h3-4,9-10,13H,2,5-8,11H2,1H3,(H,24,25). The van der Waals surface area contributed by atoms with Crippen LogP contribution in [-0.2, 0) is 22.7 Å². The van der Waals surface area contributed by atoms with Crippen LogP contribution in [0.25, 0.3) is 22.0 Å². The molecule has 0 spiro atoms. The molecule has 1 saturated heterocycles. The second-order valence-corrected chi connectivity index (χ2v) is 8.72. The van der Waals surface area contributed by atoms with Crippen LogP contribution in [0.15, 0.2) is 24.5 Å². The first-order chi connectivity index (χ1) is 14.5. The van der Waals surface area contributed by atoms with Crippen molar-refractivity contribution >= 4 is 45.9 Å². The Morgan fingerprint density at radius 3 is 2.83 bits per heavy atom. The Labute approximate surface area is 183 Å². The van der Waals surface area contributed by atoms with Crippen molar-refractivity contribution < 1.29 is 9.59 Å².